The summed E-state index contributed by atoms with van der Waals surface area (Å²) < 4.78 is 0. The lowest BCUT2D eigenvalue weighted by Gasteiger charge is -2.16. The van der Waals surface area contributed by atoms with Gasteiger partial charge in [0.05, 0.1) is 5.60 Å². The first-order valence-corrected chi connectivity index (χ1v) is 3.86. The van der Waals surface area contributed by atoms with Gasteiger partial charge in [-0.05, 0) is 31.4 Å². The first kappa shape index (κ1) is 6.80. The molecule has 0 radical (unpaired) electrons. The minimum atomic E-state index is -0.635. The SMILES string of the molecule is CC1(O)CCc2ccncc21. The van der Waals surface area contributed by atoms with Crippen molar-refractivity contribution in [3.63, 3.8) is 0 Å². The summed E-state index contributed by atoms with van der Waals surface area (Å²) >= 11 is 0. The molecular formula is C9H11NO. The molecule has 0 aliphatic heterocycles. The van der Waals surface area contributed by atoms with Crippen LogP contribution in [0.5, 0.6) is 0 Å². The maximum absolute atomic E-state index is 9.81. The van der Waals surface area contributed by atoms with E-state index in [0.29, 0.717) is 0 Å². The fourth-order valence-electron chi connectivity index (χ4n) is 1.64. The van der Waals surface area contributed by atoms with Gasteiger partial charge in [-0.25, -0.2) is 0 Å². The van der Waals surface area contributed by atoms with Gasteiger partial charge >= 0.3 is 0 Å². The Morgan fingerprint density at radius 2 is 2.45 bits per heavy atom. The summed E-state index contributed by atoms with van der Waals surface area (Å²) in [5, 5.41) is 9.81. The molecule has 0 saturated heterocycles. The highest BCUT2D eigenvalue weighted by atomic mass is 16.3. The Morgan fingerprint density at radius 1 is 1.64 bits per heavy atom. The third-order valence-electron chi connectivity index (χ3n) is 2.37. The van der Waals surface area contributed by atoms with E-state index in [9.17, 15) is 5.11 Å². The molecular weight excluding hydrogens is 138 g/mol. The van der Waals surface area contributed by atoms with Gasteiger partial charge < -0.3 is 5.11 Å². The van der Waals surface area contributed by atoms with Gasteiger partial charge in [0.15, 0.2) is 0 Å². The van der Waals surface area contributed by atoms with E-state index >= 15 is 0 Å². The lowest BCUT2D eigenvalue weighted by molar-refractivity contribution is 0.0592. The zero-order valence-corrected chi connectivity index (χ0v) is 6.54. The number of fused-ring (bicyclic) bond motifs is 1. The quantitative estimate of drug-likeness (QED) is 0.602. The molecule has 0 fully saturated rings. The van der Waals surface area contributed by atoms with Gasteiger partial charge in [-0.15, -0.1) is 0 Å². The number of hydrogen-bond donors (Lipinski definition) is 1. The number of aliphatic hydroxyl groups is 1. The van der Waals surface area contributed by atoms with Crippen LogP contribution in [0.4, 0.5) is 0 Å². The molecule has 1 aliphatic carbocycles. The van der Waals surface area contributed by atoms with Crippen molar-refractivity contribution in [1.82, 2.24) is 4.98 Å². The zero-order chi connectivity index (χ0) is 7.90. The van der Waals surface area contributed by atoms with E-state index in [1.807, 2.05) is 13.0 Å². The molecule has 2 heteroatoms. The maximum Gasteiger partial charge on any atom is 0.0889 e. The molecule has 1 aromatic heterocycles. The molecule has 1 heterocycles. The van der Waals surface area contributed by atoms with Crippen LogP contribution in [0.2, 0.25) is 0 Å². The van der Waals surface area contributed by atoms with Gasteiger partial charge in [-0.1, -0.05) is 0 Å². The molecule has 0 amide bonds. The van der Waals surface area contributed by atoms with Crippen molar-refractivity contribution in [2.45, 2.75) is 25.4 Å². The van der Waals surface area contributed by atoms with E-state index < -0.39 is 5.60 Å². The van der Waals surface area contributed by atoms with E-state index in [0.717, 1.165) is 18.4 Å². The van der Waals surface area contributed by atoms with Crippen LogP contribution in [0.15, 0.2) is 18.5 Å². The van der Waals surface area contributed by atoms with Crippen LogP contribution < -0.4 is 0 Å². The van der Waals surface area contributed by atoms with E-state index in [1.54, 1.807) is 12.4 Å². The van der Waals surface area contributed by atoms with Crippen molar-refractivity contribution >= 4 is 0 Å². The molecule has 2 rings (SSSR count). The average Bonchev–Trinajstić information content (AvgIpc) is 2.29. The van der Waals surface area contributed by atoms with Gasteiger partial charge in [0, 0.05) is 18.0 Å². The molecule has 2 nitrogen and oxygen atoms in total. The molecule has 0 spiro atoms. The van der Waals surface area contributed by atoms with Gasteiger partial charge in [-0.2, -0.15) is 0 Å². The molecule has 0 aromatic carbocycles. The fraction of sp³-hybridized carbons (Fsp3) is 0.444. The Hall–Kier alpha value is -0.890. The maximum atomic E-state index is 9.81. The van der Waals surface area contributed by atoms with Crippen molar-refractivity contribution in [1.29, 1.82) is 0 Å². The fourth-order valence-corrected chi connectivity index (χ4v) is 1.64. The average molecular weight is 149 g/mol. The van der Waals surface area contributed by atoms with Crippen LogP contribution >= 0.6 is 0 Å². The first-order chi connectivity index (χ1) is 5.20. The molecule has 11 heavy (non-hydrogen) atoms. The van der Waals surface area contributed by atoms with Gasteiger partial charge in [0.2, 0.25) is 0 Å². The number of pyridine rings is 1. The van der Waals surface area contributed by atoms with Crippen molar-refractivity contribution in [3.05, 3.63) is 29.6 Å². The second-order valence-electron chi connectivity index (χ2n) is 3.31. The topological polar surface area (TPSA) is 33.1 Å². The predicted molar refractivity (Wildman–Crippen MR) is 42.1 cm³/mol. The van der Waals surface area contributed by atoms with Gasteiger partial charge in [0.25, 0.3) is 0 Å². The zero-order valence-electron chi connectivity index (χ0n) is 6.54. The highest BCUT2D eigenvalue weighted by Gasteiger charge is 2.31. The summed E-state index contributed by atoms with van der Waals surface area (Å²) in [6, 6.07) is 1.98. The predicted octanol–water partition coefficient (Wildman–Crippen LogP) is 1.24. The Kier molecular flexibility index (Phi) is 1.26. The minimum absolute atomic E-state index is 0.635. The van der Waals surface area contributed by atoms with Crippen LogP contribution in [0.1, 0.15) is 24.5 Å². The Labute approximate surface area is 65.9 Å². The summed E-state index contributed by atoms with van der Waals surface area (Å²) in [6.45, 7) is 1.85. The molecule has 1 N–H and O–H groups in total. The number of hydrogen-bond acceptors (Lipinski definition) is 2. The molecule has 1 aliphatic rings. The van der Waals surface area contributed by atoms with Crippen molar-refractivity contribution in [2.75, 3.05) is 0 Å². The van der Waals surface area contributed by atoms with E-state index in [4.69, 9.17) is 0 Å². The molecule has 1 atom stereocenters. The normalized spacial score (nSPS) is 28.5. The number of aromatic nitrogens is 1. The van der Waals surface area contributed by atoms with E-state index in [-0.39, 0.29) is 0 Å². The van der Waals surface area contributed by atoms with Gasteiger partial charge in [0.1, 0.15) is 0 Å². The van der Waals surface area contributed by atoms with Crippen molar-refractivity contribution in [3.8, 4) is 0 Å². The third-order valence-corrected chi connectivity index (χ3v) is 2.37. The Balaban J connectivity index is 2.56. The van der Waals surface area contributed by atoms with Crippen molar-refractivity contribution < 1.29 is 5.11 Å². The smallest absolute Gasteiger partial charge is 0.0889 e. The lowest BCUT2D eigenvalue weighted by Crippen LogP contribution is -2.16. The largest absolute Gasteiger partial charge is 0.385 e. The molecule has 1 unspecified atom stereocenters. The molecule has 58 valence electrons. The monoisotopic (exact) mass is 149 g/mol. The summed E-state index contributed by atoms with van der Waals surface area (Å²) in [6.07, 6.45) is 5.35. The molecule has 0 saturated carbocycles. The third kappa shape index (κ3) is 0.942. The van der Waals surface area contributed by atoms with Crippen LogP contribution in [0.3, 0.4) is 0 Å². The lowest BCUT2D eigenvalue weighted by atomic mass is 10.0. The first-order valence-electron chi connectivity index (χ1n) is 3.86. The minimum Gasteiger partial charge on any atom is -0.385 e. The van der Waals surface area contributed by atoms with Crippen molar-refractivity contribution in [2.24, 2.45) is 0 Å². The van der Waals surface area contributed by atoms with Crippen LogP contribution in [0, 0.1) is 0 Å². The summed E-state index contributed by atoms with van der Waals surface area (Å²) in [5.74, 6) is 0. The van der Waals surface area contributed by atoms with Crippen LogP contribution in [-0.2, 0) is 12.0 Å². The second-order valence-corrected chi connectivity index (χ2v) is 3.31. The number of rotatable bonds is 0. The number of aryl methyl sites for hydroxylation is 1. The highest BCUT2D eigenvalue weighted by molar-refractivity contribution is 5.33. The summed E-state index contributed by atoms with van der Waals surface area (Å²) in [7, 11) is 0. The molecule has 1 aromatic rings. The highest BCUT2D eigenvalue weighted by Crippen LogP contribution is 2.35. The van der Waals surface area contributed by atoms with Crippen LogP contribution in [0.25, 0.3) is 0 Å². The summed E-state index contributed by atoms with van der Waals surface area (Å²) in [4.78, 5) is 3.99. The second kappa shape index (κ2) is 2.05. The van der Waals surface area contributed by atoms with Gasteiger partial charge in [-0.3, -0.25) is 4.98 Å². The van der Waals surface area contributed by atoms with E-state index in [1.165, 1.54) is 5.56 Å². The Bertz CT molecular complexity index is 281. The standard InChI is InChI=1S/C9H11NO/c1-9(11)4-2-7-3-5-10-6-8(7)9/h3,5-6,11H,2,4H2,1H3. The summed E-state index contributed by atoms with van der Waals surface area (Å²) in [5.41, 5.74) is 1.61. The Morgan fingerprint density at radius 3 is 3.18 bits per heavy atom. The number of nitrogens with zero attached hydrogens (tertiary/aromatic N) is 1. The molecule has 0 bridgehead atoms. The van der Waals surface area contributed by atoms with E-state index in [2.05, 4.69) is 4.98 Å². The van der Waals surface area contributed by atoms with Crippen LogP contribution in [-0.4, -0.2) is 10.1 Å².